The minimum Gasteiger partial charge on any atom is -0.346 e. The fourth-order valence-corrected chi connectivity index (χ4v) is 5.91. The second-order valence-electron chi connectivity index (χ2n) is 6.45. The molecule has 138 valence electrons. The summed E-state index contributed by atoms with van der Waals surface area (Å²) in [5, 5.41) is 3.09. The number of benzene rings is 2. The average molecular weight is 396 g/mol. The fourth-order valence-electron chi connectivity index (χ4n) is 3.05. The van der Waals surface area contributed by atoms with Crippen LogP contribution in [0.1, 0.15) is 39.0 Å². The Labute approximate surface area is 167 Å². The smallest absolute Gasteiger partial charge is 0.251 e. The second-order valence-corrected chi connectivity index (χ2v) is 9.18. The van der Waals surface area contributed by atoms with Gasteiger partial charge < -0.3 is 9.88 Å². The molecule has 2 heterocycles. The Balaban J connectivity index is 1.39. The molecule has 0 aliphatic carbocycles. The van der Waals surface area contributed by atoms with Crippen molar-refractivity contribution >= 4 is 29.4 Å². The zero-order valence-electron chi connectivity index (χ0n) is 15.0. The van der Waals surface area contributed by atoms with Gasteiger partial charge in [-0.15, -0.1) is 23.5 Å². The third-order valence-corrected chi connectivity index (χ3v) is 7.71. The summed E-state index contributed by atoms with van der Waals surface area (Å²) < 4.78 is 2.46. The predicted octanol–water partition coefficient (Wildman–Crippen LogP) is 4.84. The van der Waals surface area contributed by atoms with Gasteiger partial charge in [0.2, 0.25) is 0 Å². The first-order chi connectivity index (χ1) is 13.2. The van der Waals surface area contributed by atoms with Gasteiger partial charge in [-0.2, -0.15) is 0 Å². The van der Waals surface area contributed by atoms with Crippen LogP contribution in [0, 0.1) is 0 Å². The molecule has 1 aromatic heterocycles. The molecule has 1 aliphatic rings. The van der Waals surface area contributed by atoms with Crippen LogP contribution < -0.4 is 5.32 Å². The number of carbonyl (C=O) groups is 1. The highest BCUT2D eigenvalue weighted by Crippen LogP contribution is 2.45. The number of rotatable bonds is 5. The van der Waals surface area contributed by atoms with E-state index in [2.05, 4.69) is 22.4 Å². The molecule has 1 fully saturated rings. The van der Waals surface area contributed by atoms with E-state index in [1.807, 2.05) is 77.6 Å². The van der Waals surface area contributed by atoms with Crippen LogP contribution >= 0.6 is 23.5 Å². The van der Waals surface area contributed by atoms with Crippen LogP contribution in [0.3, 0.4) is 0 Å². The summed E-state index contributed by atoms with van der Waals surface area (Å²) >= 11 is 3.95. The summed E-state index contributed by atoms with van der Waals surface area (Å²) in [4.78, 5) is 16.6. The quantitative estimate of drug-likeness (QED) is 0.671. The van der Waals surface area contributed by atoms with E-state index >= 15 is 0 Å². The molecule has 1 aliphatic heterocycles. The lowest BCUT2D eigenvalue weighted by atomic mass is 10.1. The third kappa shape index (κ3) is 4.22. The first kappa shape index (κ1) is 18.2. The molecule has 0 spiro atoms. The zero-order valence-corrected chi connectivity index (χ0v) is 16.7. The summed E-state index contributed by atoms with van der Waals surface area (Å²) in [6, 6.07) is 16.1. The van der Waals surface area contributed by atoms with Gasteiger partial charge in [-0.25, -0.2) is 4.98 Å². The van der Waals surface area contributed by atoms with Gasteiger partial charge in [0.25, 0.3) is 5.91 Å². The number of thioether (sulfide) groups is 2. The molecule has 6 heteroatoms. The Morgan fingerprint density at radius 1 is 1.11 bits per heavy atom. The van der Waals surface area contributed by atoms with Crippen molar-refractivity contribution < 1.29 is 4.79 Å². The average Bonchev–Trinajstić information content (AvgIpc) is 3.42. The van der Waals surface area contributed by atoms with Crippen molar-refractivity contribution in [2.75, 3.05) is 11.5 Å². The third-order valence-electron chi connectivity index (χ3n) is 4.61. The first-order valence-corrected chi connectivity index (χ1v) is 11.0. The van der Waals surface area contributed by atoms with Crippen LogP contribution in [0.15, 0.2) is 67.3 Å². The zero-order chi connectivity index (χ0) is 18.6. The van der Waals surface area contributed by atoms with E-state index in [1.54, 1.807) is 12.5 Å². The molecular weight excluding hydrogens is 374 g/mol. The Kier molecular flexibility index (Phi) is 5.55. The van der Waals surface area contributed by atoms with Crippen LogP contribution in [0.5, 0.6) is 0 Å². The van der Waals surface area contributed by atoms with E-state index in [0.29, 0.717) is 10.1 Å². The van der Waals surface area contributed by atoms with E-state index < -0.39 is 0 Å². The fraction of sp³-hybridized carbons (Fsp3) is 0.238. The Morgan fingerprint density at radius 3 is 2.44 bits per heavy atom. The van der Waals surface area contributed by atoms with Crippen molar-refractivity contribution in [2.45, 2.75) is 17.5 Å². The highest BCUT2D eigenvalue weighted by atomic mass is 32.2. The molecule has 4 nitrogen and oxygen atoms in total. The van der Waals surface area contributed by atoms with Crippen molar-refractivity contribution in [3.63, 3.8) is 0 Å². The molecule has 0 bridgehead atoms. The lowest BCUT2D eigenvalue weighted by Gasteiger charge is -2.16. The number of hydrogen-bond donors (Lipinski definition) is 1. The molecule has 0 saturated carbocycles. The van der Waals surface area contributed by atoms with Gasteiger partial charge in [-0.3, -0.25) is 4.79 Å². The second kappa shape index (κ2) is 8.23. The molecule has 3 aromatic rings. The number of nitrogens with zero attached hydrogens (tertiary/aromatic N) is 2. The van der Waals surface area contributed by atoms with E-state index in [-0.39, 0.29) is 11.9 Å². The largest absolute Gasteiger partial charge is 0.346 e. The molecule has 1 N–H and O–H groups in total. The van der Waals surface area contributed by atoms with Gasteiger partial charge in [0.05, 0.1) is 17.0 Å². The topological polar surface area (TPSA) is 46.9 Å². The summed E-state index contributed by atoms with van der Waals surface area (Å²) in [5.74, 6) is 2.36. The predicted molar refractivity (Wildman–Crippen MR) is 114 cm³/mol. The number of aromatic nitrogens is 2. The van der Waals surface area contributed by atoms with Crippen molar-refractivity contribution in [1.29, 1.82) is 0 Å². The maximum Gasteiger partial charge on any atom is 0.251 e. The van der Waals surface area contributed by atoms with Gasteiger partial charge in [-0.1, -0.05) is 24.3 Å². The van der Waals surface area contributed by atoms with E-state index in [4.69, 9.17) is 0 Å². The number of hydrogen-bond acceptors (Lipinski definition) is 4. The monoisotopic (exact) mass is 395 g/mol. The summed E-state index contributed by atoms with van der Waals surface area (Å²) in [7, 11) is 0. The molecule has 2 aromatic carbocycles. The van der Waals surface area contributed by atoms with Gasteiger partial charge >= 0.3 is 0 Å². The molecule has 0 radical (unpaired) electrons. The van der Waals surface area contributed by atoms with Crippen LogP contribution in [0.2, 0.25) is 0 Å². The van der Waals surface area contributed by atoms with Crippen molar-refractivity contribution in [2.24, 2.45) is 0 Å². The number of imidazole rings is 1. The standard InChI is InChI=1S/C21H21N3OS2/c1-15(16-6-8-19(9-7-16)24-11-10-22-14-24)23-20(25)17-2-4-18(5-3-17)21-26-12-13-27-21/h2-11,14-15,21H,12-13H2,1H3,(H,23,25). The molecule has 1 saturated heterocycles. The Bertz CT molecular complexity index is 886. The minimum absolute atomic E-state index is 0.0422. The lowest BCUT2D eigenvalue weighted by Crippen LogP contribution is -2.26. The van der Waals surface area contributed by atoms with Crippen LogP contribution in [-0.4, -0.2) is 27.0 Å². The van der Waals surface area contributed by atoms with Crippen molar-refractivity contribution in [3.05, 3.63) is 83.9 Å². The van der Waals surface area contributed by atoms with E-state index in [0.717, 1.165) is 11.3 Å². The molecule has 27 heavy (non-hydrogen) atoms. The lowest BCUT2D eigenvalue weighted by molar-refractivity contribution is 0.0940. The van der Waals surface area contributed by atoms with Crippen LogP contribution in [-0.2, 0) is 0 Å². The highest BCUT2D eigenvalue weighted by molar-refractivity contribution is 8.19. The molecule has 1 amide bonds. The van der Waals surface area contributed by atoms with Crippen LogP contribution in [0.25, 0.3) is 5.69 Å². The highest BCUT2D eigenvalue weighted by Gasteiger charge is 2.19. The van der Waals surface area contributed by atoms with E-state index in [1.165, 1.54) is 17.1 Å². The molecule has 1 atom stereocenters. The van der Waals surface area contributed by atoms with Gasteiger partial charge in [0.1, 0.15) is 0 Å². The van der Waals surface area contributed by atoms with Gasteiger partial charge in [0, 0.05) is 35.2 Å². The van der Waals surface area contributed by atoms with Crippen molar-refractivity contribution in [3.8, 4) is 5.69 Å². The van der Waals surface area contributed by atoms with Crippen molar-refractivity contribution in [1.82, 2.24) is 14.9 Å². The Morgan fingerprint density at radius 2 is 1.81 bits per heavy atom. The maximum atomic E-state index is 12.6. The number of nitrogens with one attached hydrogen (secondary N) is 1. The normalized spacial score (nSPS) is 15.6. The maximum absolute atomic E-state index is 12.6. The number of amides is 1. The Hall–Kier alpha value is -2.18. The van der Waals surface area contributed by atoms with Crippen LogP contribution in [0.4, 0.5) is 0 Å². The first-order valence-electron chi connectivity index (χ1n) is 8.93. The van der Waals surface area contributed by atoms with E-state index in [9.17, 15) is 4.79 Å². The number of carbonyl (C=O) groups excluding carboxylic acids is 1. The minimum atomic E-state index is -0.0602. The SMILES string of the molecule is CC(NC(=O)c1ccc(C2SCCS2)cc1)c1ccc(-n2ccnc2)cc1. The molecule has 4 rings (SSSR count). The molecule has 1 unspecified atom stereocenters. The summed E-state index contributed by atoms with van der Waals surface area (Å²) in [6.07, 6.45) is 5.44. The summed E-state index contributed by atoms with van der Waals surface area (Å²) in [5.41, 5.74) is 4.12. The summed E-state index contributed by atoms with van der Waals surface area (Å²) in [6.45, 7) is 2.00. The molecular formula is C21H21N3OS2. The van der Waals surface area contributed by atoms with Gasteiger partial charge in [-0.05, 0) is 42.3 Å². The van der Waals surface area contributed by atoms with Gasteiger partial charge in [0.15, 0.2) is 0 Å².